The Morgan fingerprint density at radius 1 is 0.259 bits per heavy atom. The molecule has 54 heavy (non-hydrogen) atoms. The molecule has 0 radical (unpaired) electrons. The second-order valence-electron chi connectivity index (χ2n) is 10.8. The average Bonchev–Trinajstić information content (AvgIpc) is 3.15. The summed E-state index contributed by atoms with van der Waals surface area (Å²) in [5, 5.41) is -9.46. The standard InChI is InChI=1S/C30H10F20O2P2/c31-7-11(35)19(43)27(20(44)12(7)36)53(28-21(45)13(37)8(32)14(38)22(28)46)51-5-3-1-2-4-6(5)52-54(29-23(47)15(39)9(33)16(40)24(29)48)30-25(49)17(41)10(34)18(42)26(30)50/h5-6H,1-4H2/t5-,6-/m0/s1. The van der Waals surface area contributed by atoms with Crippen LogP contribution >= 0.6 is 16.3 Å². The van der Waals surface area contributed by atoms with E-state index in [2.05, 4.69) is 0 Å². The Kier molecular flexibility index (Phi) is 11.8. The van der Waals surface area contributed by atoms with E-state index in [4.69, 9.17) is 9.05 Å². The fourth-order valence-corrected chi connectivity index (χ4v) is 9.20. The lowest BCUT2D eigenvalue weighted by molar-refractivity contribution is 0.0409. The zero-order chi connectivity index (χ0) is 40.4. The highest BCUT2D eigenvalue weighted by atomic mass is 31.1. The zero-order valence-electron chi connectivity index (χ0n) is 25.3. The lowest BCUT2D eigenvalue weighted by atomic mass is 9.95. The van der Waals surface area contributed by atoms with Crippen molar-refractivity contribution in [3.63, 3.8) is 0 Å². The van der Waals surface area contributed by atoms with Gasteiger partial charge in [0, 0.05) is 0 Å². The molecule has 2 atom stereocenters. The third kappa shape index (κ3) is 6.66. The molecule has 2 nitrogen and oxygen atoms in total. The van der Waals surface area contributed by atoms with Crippen LogP contribution in [-0.2, 0) is 9.05 Å². The van der Waals surface area contributed by atoms with Gasteiger partial charge in [0.05, 0.1) is 33.4 Å². The van der Waals surface area contributed by atoms with Crippen LogP contribution in [0, 0.1) is 116 Å². The summed E-state index contributed by atoms with van der Waals surface area (Å²) in [5.41, 5.74) is 0. The fraction of sp³-hybridized carbons (Fsp3) is 0.200. The van der Waals surface area contributed by atoms with Crippen LogP contribution in [0.5, 0.6) is 0 Å². The van der Waals surface area contributed by atoms with Crippen molar-refractivity contribution in [1.29, 1.82) is 0 Å². The third-order valence-corrected chi connectivity index (χ3v) is 11.8. The Bertz CT molecular complexity index is 1790. The molecule has 0 bridgehead atoms. The van der Waals surface area contributed by atoms with Gasteiger partial charge in [-0.25, -0.2) is 87.8 Å². The molecule has 4 aromatic carbocycles. The Labute approximate surface area is 288 Å². The first-order valence-electron chi connectivity index (χ1n) is 14.2. The zero-order valence-corrected chi connectivity index (χ0v) is 27.0. The predicted octanol–water partition coefficient (Wildman–Crippen LogP) is 9.21. The average molecular weight is 844 g/mol. The molecule has 0 aliphatic heterocycles. The van der Waals surface area contributed by atoms with Crippen molar-refractivity contribution in [2.45, 2.75) is 37.9 Å². The summed E-state index contributed by atoms with van der Waals surface area (Å²) < 4.78 is 301. The molecule has 0 amide bonds. The number of hydrogen-bond acceptors (Lipinski definition) is 2. The SMILES string of the molecule is Fc1c(F)c(F)c(P(O[C@H]2CCCC[C@@H]2OP(c2c(F)c(F)c(F)c(F)c2F)c2c(F)c(F)c(F)c(F)c2F)c2c(F)c(F)c(F)c(F)c2F)c(F)c1F. The van der Waals surface area contributed by atoms with Gasteiger partial charge in [-0.3, -0.25) is 0 Å². The molecule has 5 rings (SSSR count). The van der Waals surface area contributed by atoms with Crippen molar-refractivity contribution in [3.05, 3.63) is 116 Å². The summed E-state index contributed by atoms with van der Waals surface area (Å²) in [6.07, 6.45) is -6.81. The number of halogens is 20. The molecule has 0 spiro atoms. The second kappa shape index (κ2) is 15.4. The van der Waals surface area contributed by atoms with E-state index in [-0.39, 0.29) is 12.8 Å². The summed E-state index contributed by atoms with van der Waals surface area (Å²) >= 11 is 0. The van der Waals surface area contributed by atoms with Crippen molar-refractivity contribution in [1.82, 2.24) is 0 Å². The highest BCUT2D eigenvalue weighted by Gasteiger charge is 2.45. The molecule has 1 aliphatic rings. The van der Waals surface area contributed by atoms with Gasteiger partial charge in [-0.2, -0.15) is 0 Å². The van der Waals surface area contributed by atoms with Crippen LogP contribution in [0.1, 0.15) is 25.7 Å². The fourth-order valence-electron chi connectivity index (χ4n) is 5.10. The van der Waals surface area contributed by atoms with Crippen LogP contribution in [-0.4, -0.2) is 12.2 Å². The lowest BCUT2D eigenvalue weighted by Gasteiger charge is -2.36. The van der Waals surface area contributed by atoms with Crippen LogP contribution in [0.4, 0.5) is 87.8 Å². The Hall–Kier alpha value is -3.74. The number of hydrogen-bond donors (Lipinski definition) is 0. The first kappa shape index (κ1) is 41.4. The summed E-state index contributed by atoms with van der Waals surface area (Å²) in [4.78, 5) is 0. The maximum Gasteiger partial charge on any atom is 0.200 e. The van der Waals surface area contributed by atoms with Gasteiger partial charge in [-0.15, -0.1) is 0 Å². The first-order chi connectivity index (χ1) is 25.2. The molecule has 292 valence electrons. The van der Waals surface area contributed by atoms with Crippen LogP contribution in [0.25, 0.3) is 0 Å². The Morgan fingerprint density at radius 3 is 0.574 bits per heavy atom. The van der Waals surface area contributed by atoms with Gasteiger partial charge in [-0.1, -0.05) is 12.8 Å². The first-order valence-corrected chi connectivity index (χ1v) is 16.7. The smallest absolute Gasteiger partial charge is 0.200 e. The number of benzene rings is 4. The normalized spacial score (nSPS) is 16.3. The molecule has 0 saturated heterocycles. The molecule has 1 saturated carbocycles. The molecule has 0 N–H and O–H groups in total. The van der Waals surface area contributed by atoms with Crippen molar-refractivity contribution in [2.75, 3.05) is 0 Å². The van der Waals surface area contributed by atoms with E-state index in [1.165, 1.54) is 0 Å². The van der Waals surface area contributed by atoms with Gasteiger partial charge in [0.2, 0.25) is 23.3 Å². The second-order valence-corrected chi connectivity index (χ2v) is 14.2. The molecule has 4 aromatic rings. The predicted molar refractivity (Wildman–Crippen MR) is 146 cm³/mol. The van der Waals surface area contributed by atoms with Crippen molar-refractivity contribution >= 4 is 37.5 Å². The van der Waals surface area contributed by atoms with Gasteiger partial charge in [-0.05, 0) is 12.8 Å². The van der Waals surface area contributed by atoms with Crippen molar-refractivity contribution in [3.8, 4) is 0 Å². The highest BCUT2D eigenvalue weighted by Crippen LogP contribution is 2.49. The molecular formula is C30H10F20O2P2. The lowest BCUT2D eigenvalue weighted by Crippen LogP contribution is -2.39. The molecule has 0 unspecified atom stereocenters. The molecule has 1 aliphatic carbocycles. The minimum atomic E-state index is -4.56. The maximum absolute atomic E-state index is 15.1. The van der Waals surface area contributed by atoms with Crippen molar-refractivity contribution in [2.24, 2.45) is 0 Å². The molecule has 1 fully saturated rings. The quantitative estimate of drug-likeness (QED) is 0.0763. The van der Waals surface area contributed by atoms with Crippen LogP contribution in [0.2, 0.25) is 0 Å². The molecule has 0 heterocycles. The van der Waals surface area contributed by atoms with E-state index < -0.39 is 179 Å². The van der Waals surface area contributed by atoms with Crippen LogP contribution in [0.15, 0.2) is 0 Å². The van der Waals surface area contributed by atoms with Crippen LogP contribution < -0.4 is 21.2 Å². The largest absolute Gasteiger partial charge is 0.343 e. The van der Waals surface area contributed by atoms with E-state index in [0.29, 0.717) is 0 Å². The molecule has 24 heteroatoms. The summed E-state index contributed by atoms with van der Waals surface area (Å²) in [6.45, 7) is 0. The van der Waals surface area contributed by atoms with E-state index in [0.717, 1.165) is 0 Å². The van der Waals surface area contributed by atoms with E-state index in [1.807, 2.05) is 0 Å². The topological polar surface area (TPSA) is 18.5 Å². The monoisotopic (exact) mass is 844 g/mol. The summed E-state index contributed by atoms with van der Waals surface area (Å²) in [7, 11) is -9.12. The van der Waals surface area contributed by atoms with E-state index in [1.54, 1.807) is 0 Å². The van der Waals surface area contributed by atoms with E-state index in [9.17, 15) is 52.7 Å². The third-order valence-electron chi connectivity index (χ3n) is 7.68. The number of rotatable bonds is 8. The Morgan fingerprint density at radius 2 is 0.407 bits per heavy atom. The minimum absolute atomic E-state index is 0.259. The van der Waals surface area contributed by atoms with Gasteiger partial charge >= 0.3 is 0 Å². The molecule has 0 aromatic heterocycles. The molecular weight excluding hydrogens is 834 g/mol. The summed E-state index contributed by atoms with van der Waals surface area (Å²) in [5.74, 6) is -58.0. The van der Waals surface area contributed by atoms with Crippen molar-refractivity contribution < 1.29 is 96.9 Å². The maximum atomic E-state index is 15.1. The summed E-state index contributed by atoms with van der Waals surface area (Å²) in [6, 6.07) is 0. The minimum Gasteiger partial charge on any atom is -0.343 e. The van der Waals surface area contributed by atoms with Gasteiger partial charge in [0.25, 0.3) is 0 Å². The Balaban J connectivity index is 1.76. The van der Waals surface area contributed by atoms with Crippen LogP contribution in [0.3, 0.4) is 0 Å². The van der Waals surface area contributed by atoms with Gasteiger partial charge in [0.15, 0.2) is 93.1 Å². The van der Waals surface area contributed by atoms with Gasteiger partial charge in [0.1, 0.15) is 16.3 Å². The van der Waals surface area contributed by atoms with E-state index >= 15 is 35.1 Å². The van der Waals surface area contributed by atoms with Gasteiger partial charge < -0.3 is 9.05 Å². The highest BCUT2D eigenvalue weighted by molar-refractivity contribution is 7.69.